The molecule has 1 atom stereocenters. The molecule has 0 radical (unpaired) electrons. The number of hydrogen-bond donors (Lipinski definition) is 0. The van der Waals surface area contributed by atoms with Crippen LogP contribution in [-0.4, -0.2) is 66.6 Å². The van der Waals surface area contributed by atoms with Gasteiger partial charge in [0.15, 0.2) is 0 Å². The molecule has 0 saturated carbocycles. The van der Waals surface area contributed by atoms with Crippen LogP contribution in [0.2, 0.25) is 5.02 Å². The number of aryl methyl sites for hydroxylation is 1. The molecule has 2 heterocycles. The van der Waals surface area contributed by atoms with Gasteiger partial charge in [-0.2, -0.15) is 0 Å². The maximum absolute atomic E-state index is 13.1. The van der Waals surface area contributed by atoms with E-state index in [1.165, 1.54) is 6.42 Å². The molecule has 0 bridgehead atoms. The minimum absolute atomic E-state index is 0.0735. The van der Waals surface area contributed by atoms with Crippen LogP contribution < -0.4 is 4.74 Å². The molecular formula is C23H33ClN2O4. The Bertz CT molecular complexity index is 764. The molecule has 2 amide bonds. The Balaban J connectivity index is 1.76. The highest BCUT2D eigenvalue weighted by molar-refractivity contribution is 6.31. The second-order valence-corrected chi connectivity index (χ2v) is 9.17. The SMILES string of the molecule is Cc1cc(OC[C@@]2(CC(=O)N3CCCCC3)CN(C(=O)C(C)C)CCO2)ccc1Cl. The van der Waals surface area contributed by atoms with Crippen LogP contribution >= 0.6 is 11.6 Å². The van der Waals surface area contributed by atoms with Gasteiger partial charge in [-0.25, -0.2) is 0 Å². The highest BCUT2D eigenvalue weighted by Crippen LogP contribution is 2.28. The summed E-state index contributed by atoms with van der Waals surface area (Å²) in [6.07, 6.45) is 3.46. The average Bonchev–Trinajstić information content (AvgIpc) is 2.75. The summed E-state index contributed by atoms with van der Waals surface area (Å²) < 4.78 is 12.2. The number of nitrogens with zero attached hydrogens (tertiary/aromatic N) is 2. The van der Waals surface area contributed by atoms with Crippen LogP contribution in [0.25, 0.3) is 0 Å². The van der Waals surface area contributed by atoms with Gasteiger partial charge in [-0.15, -0.1) is 0 Å². The van der Waals surface area contributed by atoms with Crippen molar-refractivity contribution in [2.24, 2.45) is 5.92 Å². The molecule has 6 nitrogen and oxygen atoms in total. The molecule has 7 heteroatoms. The molecular weight excluding hydrogens is 404 g/mol. The molecule has 1 aromatic carbocycles. The Kier molecular flexibility index (Phi) is 7.64. The topological polar surface area (TPSA) is 59.1 Å². The van der Waals surface area contributed by atoms with Crippen LogP contribution in [-0.2, 0) is 14.3 Å². The molecule has 0 spiro atoms. The molecule has 0 N–H and O–H groups in total. The lowest BCUT2D eigenvalue weighted by Crippen LogP contribution is -2.59. The maximum Gasteiger partial charge on any atom is 0.225 e. The number of amides is 2. The van der Waals surface area contributed by atoms with Crippen molar-refractivity contribution >= 4 is 23.4 Å². The summed E-state index contributed by atoms with van der Waals surface area (Å²) in [5.41, 5.74) is 0.0685. The molecule has 0 aromatic heterocycles. The number of rotatable bonds is 6. The lowest BCUT2D eigenvalue weighted by Gasteiger charge is -2.43. The van der Waals surface area contributed by atoms with E-state index in [1.807, 2.05) is 42.7 Å². The second-order valence-electron chi connectivity index (χ2n) is 8.76. The number of piperidine rings is 1. The lowest BCUT2D eigenvalue weighted by atomic mass is 9.95. The number of carbonyl (C=O) groups excluding carboxylic acids is 2. The molecule has 2 aliphatic rings. The molecule has 166 valence electrons. The van der Waals surface area contributed by atoms with Crippen LogP contribution in [0.15, 0.2) is 18.2 Å². The lowest BCUT2D eigenvalue weighted by molar-refractivity contribution is -0.167. The zero-order valence-electron chi connectivity index (χ0n) is 18.3. The monoisotopic (exact) mass is 436 g/mol. The molecule has 0 unspecified atom stereocenters. The Morgan fingerprint density at radius 2 is 1.90 bits per heavy atom. The van der Waals surface area contributed by atoms with E-state index in [9.17, 15) is 9.59 Å². The van der Waals surface area contributed by atoms with Gasteiger partial charge >= 0.3 is 0 Å². The van der Waals surface area contributed by atoms with E-state index in [1.54, 1.807) is 6.07 Å². The summed E-state index contributed by atoms with van der Waals surface area (Å²) in [7, 11) is 0. The number of benzene rings is 1. The summed E-state index contributed by atoms with van der Waals surface area (Å²) >= 11 is 6.12. The van der Waals surface area contributed by atoms with Crippen LogP contribution in [0.3, 0.4) is 0 Å². The molecule has 30 heavy (non-hydrogen) atoms. The van der Waals surface area contributed by atoms with Crippen molar-refractivity contribution in [3.05, 3.63) is 28.8 Å². The van der Waals surface area contributed by atoms with Crippen LogP contribution in [0.1, 0.15) is 45.1 Å². The fourth-order valence-corrected chi connectivity index (χ4v) is 4.21. The van der Waals surface area contributed by atoms with Gasteiger partial charge in [-0.1, -0.05) is 25.4 Å². The number of halogens is 1. The highest BCUT2D eigenvalue weighted by atomic mass is 35.5. The number of morpholine rings is 1. The Morgan fingerprint density at radius 3 is 2.57 bits per heavy atom. The van der Waals surface area contributed by atoms with E-state index in [4.69, 9.17) is 21.1 Å². The molecule has 0 aliphatic carbocycles. The second kappa shape index (κ2) is 10.0. The van der Waals surface area contributed by atoms with Crippen molar-refractivity contribution in [3.8, 4) is 5.75 Å². The normalized spacial score (nSPS) is 22.3. The van der Waals surface area contributed by atoms with Crippen LogP contribution in [0, 0.1) is 12.8 Å². The number of carbonyl (C=O) groups is 2. The Morgan fingerprint density at radius 1 is 1.17 bits per heavy atom. The van der Waals surface area contributed by atoms with Gasteiger partial charge in [-0.3, -0.25) is 9.59 Å². The van der Waals surface area contributed by atoms with Crippen molar-refractivity contribution in [1.29, 1.82) is 0 Å². The molecule has 2 fully saturated rings. The van der Waals surface area contributed by atoms with Gasteiger partial charge in [0, 0.05) is 30.6 Å². The first-order valence-corrected chi connectivity index (χ1v) is 11.3. The first-order chi connectivity index (χ1) is 14.3. The first kappa shape index (κ1) is 22.9. The van der Waals surface area contributed by atoms with Gasteiger partial charge in [0.25, 0.3) is 0 Å². The van der Waals surface area contributed by atoms with E-state index < -0.39 is 5.60 Å². The number of ether oxygens (including phenoxy) is 2. The zero-order valence-corrected chi connectivity index (χ0v) is 19.0. The predicted molar refractivity (Wildman–Crippen MR) is 117 cm³/mol. The minimum atomic E-state index is -0.856. The van der Waals surface area contributed by atoms with Gasteiger partial charge in [0.05, 0.1) is 19.6 Å². The Hall–Kier alpha value is -1.79. The van der Waals surface area contributed by atoms with Gasteiger partial charge in [0.2, 0.25) is 11.8 Å². The van der Waals surface area contributed by atoms with E-state index in [0.717, 1.165) is 31.5 Å². The third-order valence-corrected chi connectivity index (χ3v) is 6.29. The van der Waals surface area contributed by atoms with Crippen molar-refractivity contribution in [2.45, 2.75) is 52.1 Å². The van der Waals surface area contributed by atoms with E-state index in [2.05, 4.69) is 0 Å². The summed E-state index contributed by atoms with van der Waals surface area (Å²) in [4.78, 5) is 29.4. The predicted octanol–water partition coefficient (Wildman–Crippen LogP) is 3.68. The van der Waals surface area contributed by atoms with Crippen LogP contribution in [0.5, 0.6) is 5.75 Å². The number of hydrogen-bond acceptors (Lipinski definition) is 4. The first-order valence-electron chi connectivity index (χ1n) is 10.9. The summed E-state index contributed by atoms with van der Waals surface area (Å²) in [6.45, 7) is 8.79. The van der Waals surface area contributed by atoms with E-state index >= 15 is 0 Å². The zero-order chi connectivity index (χ0) is 21.7. The molecule has 3 rings (SSSR count). The summed E-state index contributed by atoms with van der Waals surface area (Å²) in [5, 5.41) is 0.681. The quantitative estimate of drug-likeness (QED) is 0.682. The molecule has 2 aliphatic heterocycles. The molecule has 2 saturated heterocycles. The fourth-order valence-electron chi connectivity index (χ4n) is 4.10. The highest BCUT2D eigenvalue weighted by Gasteiger charge is 2.42. The van der Waals surface area contributed by atoms with E-state index in [-0.39, 0.29) is 30.8 Å². The number of likely N-dealkylation sites (tertiary alicyclic amines) is 1. The maximum atomic E-state index is 13.1. The van der Waals surface area contributed by atoms with Crippen molar-refractivity contribution in [3.63, 3.8) is 0 Å². The van der Waals surface area contributed by atoms with Crippen molar-refractivity contribution in [2.75, 3.05) is 39.4 Å². The average molecular weight is 437 g/mol. The van der Waals surface area contributed by atoms with Crippen LogP contribution in [0.4, 0.5) is 0 Å². The standard InChI is InChI=1S/C23H33ClN2O4/c1-17(2)22(28)26-11-12-30-23(15-26,14-21(27)25-9-5-4-6-10-25)16-29-19-7-8-20(24)18(3)13-19/h7-8,13,17H,4-6,9-12,14-16H2,1-3H3/t23-/m1/s1. The van der Waals surface area contributed by atoms with Crippen molar-refractivity contribution < 1.29 is 19.1 Å². The largest absolute Gasteiger partial charge is 0.490 e. The van der Waals surface area contributed by atoms with Gasteiger partial charge in [0.1, 0.15) is 18.0 Å². The Labute approximate surface area is 184 Å². The fraction of sp³-hybridized carbons (Fsp3) is 0.652. The third-order valence-electron chi connectivity index (χ3n) is 5.87. The minimum Gasteiger partial charge on any atom is -0.490 e. The van der Waals surface area contributed by atoms with Gasteiger partial charge < -0.3 is 19.3 Å². The smallest absolute Gasteiger partial charge is 0.225 e. The third kappa shape index (κ3) is 5.67. The summed E-state index contributed by atoms with van der Waals surface area (Å²) in [5.74, 6) is 0.732. The van der Waals surface area contributed by atoms with E-state index in [0.29, 0.717) is 30.5 Å². The van der Waals surface area contributed by atoms with Crippen molar-refractivity contribution in [1.82, 2.24) is 9.80 Å². The molecule has 1 aromatic rings. The van der Waals surface area contributed by atoms with Gasteiger partial charge in [-0.05, 0) is 49.9 Å². The summed E-state index contributed by atoms with van der Waals surface area (Å²) in [6, 6.07) is 5.49.